The van der Waals surface area contributed by atoms with Crippen LogP contribution in [0.3, 0.4) is 0 Å². The molecule has 0 aliphatic carbocycles. The number of hydrogen-bond acceptors (Lipinski definition) is 3. The van der Waals surface area contributed by atoms with Gasteiger partial charge in [0.2, 0.25) is 0 Å². The third kappa shape index (κ3) is 2.45. The number of rotatable bonds is 4. The van der Waals surface area contributed by atoms with Crippen LogP contribution in [-0.2, 0) is 16.0 Å². The number of methoxy groups -OCH3 is 2. The quantitative estimate of drug-likeness (QED) is 0.776. The number of esters is 1. The van der Waals surface area contributed by atoms with E-state index in [9.17, 15) is 4.79 Å². The Kier molecular flexibility index (Phi) is 3.82. The van der Waals surface area contributed by atoms with E-state index in [1.807, 2.05) is 30.3 Å². The zero-order valence-electron chi connectivity index (χ0n) is 10.6. The van der Waals surface area contributed by atoms with E-state index in [0.717, 1.165) is 22.1 Å². The molecule has 0 bridgehead atoms. The summed E-state index contributed by atoms with van der Waals surface area (Å²) in [4.78, 5) is 11.3. The summed E-state index contributed by atoms with van der Waals surface area (Å²) in [6, 6.07) is 12.0. The summed E-state index contributed by atoms with van der Waals surface area (Å²) in [6.07, 6.45) is 0.984. The van der Waals surface area contributed by atoms with Crippen LogP contribution in [0.2, 0.25) is 0 Å². The Morgan fingerprint density at radius 1 is 1.11 bits per heavy atom. The third-order valence-corrected chi connectivity index (χ3v) is 3.02. The first-order valence-electron chi connectivity index (χ1n) is 5.87. The molecule has 0 atom stereocenters. The van der Waals surface area contributed by atoms with Gasteiger partial charge in [-0.05, 0) is 23.3 Å². The Balaban J connectivity index is 2.41. The van der Waals surface area contributed by atoms with Crippen molar-refractivity contribution in [2.45, 2.75) is 12.8 Å². The van der Waals surface area contributed by atoms with E-state index in [1.165, 1.54) is 7.11 Å². The second-order valence-corrected chi connectivity index (χ2v) is 4.04. The number of hydrogen-bond donors (Lipinski definition) is 0. The van der Waals surface area contributed by atoms with Crippen LogP contribution in [0.1, 0.15) is 12.0 Å². The largest absolute Gasteiger partial charge is 0.496 e. The summed E-state index contributed by atoms with van der Waals surface area (Å²) in [5, 5.41) is 2.28. The van der Waals surface area contributed by atoms with E-state index in [0.29, 0.717) is 12.8 Å². The molecule has 3 heteroatoms. The van der Waals surface area contributed by atoms with Crippen LogP contribution >= 0.6 is 0 Å². The van der Waals surface area contributed by atoms with Gasteiger partial charge < -0.3 is 9.47 Å². The van der Waals surface area contributed by atoms with Crippen LogP contribution in [0.5, 0.6) is 5.75 Å². The van der Waals surface area contributed by atoms with E-state index < -0.39 is 0 Å². The molecule has 18 heavy (non-hydrogen) atoms. The van der Waals surface area contributed by atoms with E-state index in [-0.39, 0.29) is 5.97 Å². The molecule has 0 aliphatic rings. The fourth-order valence-electron chi connectivity index (χ4n) is 2.09. The number of carbonyl (C=O) groups excluding carboxylic acids is 1. The van der Waals surface area contributed by atoms with Crippen molar-refractivity contribution in [3.05, 3.63) is 42.0 Å². The van der Waals surface area contributed by atoms with Gasteiger partial charge in [0.15, 0.2) is 0 Å². The molecule has 94 valence electrons. The van der Waals surface area contributed by atoms with Crippen molar-refractivity contribution < 1.29 is 14.3 Å². The lowest BCUT2D eigenvalue weighted by atomic mass is 10.00. The maximum atomic E-state index is 11.3. The van der Waals surface area contributed by atoms with Crippen LogP contribution in [0.15, 0.2) is 36.4 Å². The molecule has 0 N–H and O–H groups in total. The average molecular weight is 244 g/mol. The zero-order valence-corrected chi connectivity index (χ0v) is 10.6. The van der Waals surface area contributed by atoms with Crippen LogP contribution < -0.4 is 4.74 Å². The second kappa shape index (κ2) is 5.54. The third-order valence-electron chi connectivity index (χ3n) is 3.02. The van der Waals surface area contributed by atoms with Gasteiger partial charge in [-0.3, -0.25) is 4.79 Å². The molecule has 2 aromatic rings. The first-order chi connectivity index (χ1) is 8.76. The van der Waals surface area contributed by atoms with Crippen molar-refractivity contribution in [2.75, 3.05) is 14.2 Å². The predicted molar refractivity (Wildman–Crippen MR) is 70.8 cm³/mol. The van der Waals surface area contributed by atoms with Crippen molar-refractivity contribution in [1.82, 2.24) is 0 Å². The van der Waals surface area contributed by atoms with Crippen molar-refractivity contribution >= 4 is 16.7 Å². The fraction of sp³-hybridized carbons (Fsp3) is 0.267. The highest BCUT2D eigenvalue weighted by Crippen LogP contribution is 2.29. The molecule has 0 saturated carbocycles. The highest BCUT2D eigenvalue weighted by atomic mass is 16.5. The number of carbonyl (C=O) groups is 1. The summed E-state index contributed by atoms with van der Waals surface area (Å²) in [7, 11) is 3.05. The molecular weight excluding hydrogens is 228 g/mol. The van der Waals surface area contributed by atoms with Crippen molar-refractivity contribution in [1.29, 1.82) is 0 Å². The van der Waals surface area contributed by atoms with E-state index in [2.05, 4.69) is 10.8 Å². The summed E-state index contributed by atoms with van der Waals surface area (Å²) in [6.45, 7) is 0. The van der Waals surface area contributed by atoms with Gasteiger partial charge in [0, 0.05) is 12.0 Å². The Bertz CT molecular complexity index is 561. The van der Waals surface area contributed by atoms with E-state index in [4.69, 9.17) is 4.74 Å². The van der Waals surface area contributed by atoms with Crippen molar-refractivity contribution in [3.8, 4) is 5.75 Å². The molecule has 0 aliphatic heterocycles. The van der Waals surface area contributed by atoms with Crippen molar-refractivity contribution in [2.24, 2.45) is 0 Å². The molecule has 0 aromatic heterocycles. The van der Waals surface area contributed by atoms with Gasteiger partial charge in [-0.1, -0.05) is 30.3 Å². The molecule has 3 nitrogen and oxygen atoms in total. The molecule has 0 spiro atoms. The minimum absolute atomic E-state index is 0.204. The van der Waals surface area contributed by atoms with Gasteiger partial charge in [0.25, 0.3) is 0 Å². The topological polar surface area (TPSA) is 35.5 Å². The van der Waals surface area contributed by atoms with Gasteiger partial charge in [-0.15, -0.1) is 0 Å². The molecule has 0 radical (unpaired) electrons. The summed E-state index contributed by atoms with van der Waals surface area (Å²) < 4.78 is 10.0. The number of fused-ring (bicyclic) bond motifs is 1. The van der Waals surface area contributed by atoms with Crippen LogP contribution in [0.25, 0.3) is 10.8 Å². The summed E-state index contributed by atoms with van der Waals surface area (Å²) in [5.74, 6) is 0.614. The number of aryl methyl sites for hydroxylation is 1. The fourth-order valence-corrected chi connectivity index (χ4v) is 2.09. The van der Waals surface area contributed by atoms with E-state index in [1.54, 1.807) is 7.11 Å². The SMILES string of the molecule is COC(=O)CCc1c(OC)ccc2ccccc12. The lowest BCUT2D eigenvalue weighted by molar-refractivity contribution is -0.140. The molecule has 2 aromatic carbocycles. The van der Waals surface area contributed by atoms with Crippen molar-refractivity contribution in [3.63, 3.8) is 0 Å². The highest BCUT2D eigenvalue weighted by molar-refractivity contribution is 5.88. The Hall–Kier alpha value is -2.03. The minimum Gasteiger partial charge on any atom is -0.496 e. The van der Waals surface area contributed by atoms with Gasteiger partial charge in [-0.25, -0.2) is 0 Å². The lowest BCUT2D eigenvalue weighted by Crippen LogP contribution is -2.03. The van der Waals surface area contributed by atoms with Crippen LogP contribution in [0, 0.1) is 0 Å². The highest BCUT2D eigenvalue weighted by Gasteiger charge is 2.10. The normalized spacial score (nSPS) is 10.3. The molecule has 0 amide bonds. The van der Waals surface area contributed by atoms with Gasteiger partial charge in [-0.2, -0.15) is 0 Å². The summed E-state index contributed by atoms with van der Waals surface area (Å²) in [5.41, 5.74) is 1.06. The molecular formula is C15H16O3. The Morgan fingerprint density at radius 3 is 2.61 bits per heavy atom. The molecule has 0 unspecified atom stereocenters. The van der Waals surface area contributed by atoms with Crippen LogP contribution in [0.4, 0.5) is 0 Å². The molecule has 0 saturated heterocycles. The minimum atomic E-state index is -0.204. The molecule has 2 rings (SSSR count). The monoisotopic (exact) mass is 244 g/mol. The first kappa shape index (κ1) is 12.4. The maximum Gasteiger partial charge on any atom is 0.305 e. The first-order valence-corrected chi connectivity index (χ1v) is 5.87. The maximum absolute atomic E-state index is 11.3. The second-order valence-electron chi connectivity index (χ2n) is 4.04. The smallest absolute Gasteiger partial charge is 0.305 e. The van der Waals surface area contributed by atoms with Gasteiger partial charge in [0.05, 0.1) is 14.2 Å². The number of ether oxygens (including phenoxy) is 2. The predicted octanol–water partition coefficient (Wildman–Crippen LogP) is 2.95. The summed E-state index contributed by atoms with van der Waals surface area (Å²) >= 11 is 0. The lowest BCUT2D eigenvalue weighted by Gasteiger charge is -2.11. The van der Waals surface area contributed by atoms with Crippen LogP contribution in [-0.4, -0.2) is 20.2 Å². The standard InChI is InChI=1S/C15H16O3/c1-17-14-9-7-11-5-3-4-6-12(11)13(14)8-10-15(16)18-2/h3-7,9H,8,10H2,1-2H3. The zero-order chi connectivity index (χ0) is 13.0. The van der Waals surface area contributed by atoms with Gasteiger partial charge >= 0.3 is 5.97 Å². The average Bonchev–Trinajstić information content (AvgIpc) is 2.44. The van der Waals surface area contributed by atoms with Gasteiger partial charge in [0.1, 0.15) is 5.75 Å². The molecule has 0 fully saturated rings. The molecule has 0 heterocycles. The Labute approximate surface area is 106 Å². The van der Waals surface area contributed by atoms with E-state index >= 15 is 0 Å². The number of benzene rings is 2. The Morgan fingerprint density at radius 2 is 1.89 bits per heavy atom.